The van der Waals surface area contributed by atoms with Gasteiger partial charge in [0.2, 0.25) is 0 Å². The van der Waals surface area contributed by atoms with E-state index in [-0.39, 0.29) is 5.56 Å². The molecule has 1 saturated heterocycles. The molecule has 1 aliphatic heterocycles. The van der Waals surface area contributed by atoms with Crippen molar-refractivity contribution in [1.82, 2.24) is 5.16 Å². The third-order valence-electron chi connectivity index (χ3n) is 2.61. The monoisotopic (exact) mass is 213 g/mol. The molecule has 0 saturated carbocycles. The predicted octanol–water partition coefficient (Wildman–Crippen LogP) is 0.635. The molecule has 1 fully saturated rings. The van der Waals surface area contributed by atoms with Crippen LogP contribution in [0.15, 0.2) is 10.8 Å². The molecule has 6 heteroatoms. The van der Waals surface area contributed by atoms with Crippen molar-refractivity contribution in [2.24, 2.45) is 0 Å². The van der Waals surface area contributed by atoms with Gasteiger partial charge in [0.05, 0.1) is 6.61 Å². The summed E-state index contributed by atoms with van der Waals surface area (Å²) in [6.45, 7) is 0.829. The minimum atomic E-state index is -1.07. The Morgan fingerprint density at radius 1 is 1.73 bits per heavy atom. The lowest BCUT2D eigenvalue weighted by atomic mass is 9.95. The molecule has 2 rings (SSSR count). The zero-order valence-electron chi connectivity index (χ0n) is 8.23. The standard InChI is InChI=1S/C9H11NO5/c1-13-9(2-3-14-5-9)7-6(8(11)12)4-15-10-7/h4H,2-3,5H2,1H3,(H,11,12). The fraction of sp³-hybridized carbons (Fsp3) is 0.556. The first-order valence-electron chi connectivity index (χ1n) is 4.51. The minimum absolute atomic E-state index is 0.0300. The van der Waals surface area contributed by atoms with Crippen molar-refractivity contribution in [1.29, 1.82) is 0 Å². The van der Waals surface area contributed by atoms with E-state index >= 15 is 0 Å². The summed E-state index contributed by atoms with van der Waals surface area (Å²) in [5, 5.41) is 12.6. The van der Waals surface area contributed by atoms with Crippen LogP contribution in [0.3, 0.4) is 0 Å². The van der Waals surface area contributed by atoms with E-state index in [9.17, 15) is 4.79 Å². The summed E-state index contributed by atoms with van der Waals surface area (Å²) in [5.41, 5.74) is -0.446. The predicted molar refractivity (Wildman–Crippen MR) is 47.6 cm³/mol. The number of carbonyl (C=O) groups is 1. The highest BCUT2D eigenvalue weighted by atomic mass is 16.6. The van der Waals surface area contributed by atoms with E-state index in [1.807, 2.05) is 0 Å². The van der Waals surface area contributed by atoms with Gasteiger partial charge in [-0.2, -0.15) is 0 Å². The highest BCUT2D eigenvalue weighted by Crippen LogP contribution is 2.34. The first-order valence-corrected chi connectivity index (χ1v) is 4.51. The summed E-state index contributed by atoms with van der Waals surface area (Å²) in [6.07, 6.45) is 1.69. The molecule has 0 aliphatic carbocycles. The lowest BCUT2D eigenvalue weighted by molar-refractivity contribution is -0.0272. The van der Waals surface area contributed by atoms with Crippen molar-refractivity contribution in [3.05, 3.63) is 17.5 Å². The van der Waals surface area contributed by atoms with Gasteiger partial charge in [-0.15, -0.1) is 0 Å². The molecule has 1 atom stereocenters. The number of carboxylic acid groups (broad SMARTS) is 1. The normalized spacial score (nSPS) is 25.7. The molecule has 1 aromatic heterocycles. The Bertz CT molecular complexity index is 366. The summed E-state index contributed by atoms with van der Waals surface area (Å²) in [6, 6.07) is 0. The zero-order chi connectivity index (χ0) is 10.9. The van der Waals surface area contributed by atoms with Gasteiger partial charge in [0.25, 0.3) is 0 Å². The van der Waals surface area contributed by atoms with E-state index in [0.29, 0.717) is 25.3 Å². The first-order chi connectivity index (χ1) is 7.19. The molecule has 1 unspecified atom stereocenters. The summed E-state index contributed by atoms with van der Waals surface area (Å²) in [7, 11) is 1.51. The molecule has 0 amide bonds. The number of hydrogen-bond donors (Lipinski definition) is 1. The van der Waals surface area contributed by atoms with Crippen LogP contribution in [0.4, 0.5) is 0 Å². The number of hydrogen-bond acceptors (Lipinski definition) is 5. The van der Waals surface area contributed by atoms with Crippen molar-refractivity contribution >= 4 is 5.97 Å². The number of carboxylic acids is 1. The van der Waals surface area contributed by atoms with Crippen molar-refractivity contribution in [2.75, 3.05) is 20.3 Å². The summed E-state index contributed by atoms with van der Waals surface area (Å²) in [4.78, 5) is 10.9. The van der Waals surface area contributed by atoms with Crippen LogP contribution in [0.25, 0.3) is 0 Å². The summed E-state index contributed by atoms with van der Waals surface area (Å²) in [5.74, 6) is -1.07. The Labute approximate surface area is 85.8 Å². The Morgan fingerprint density at radius 2 is 2.53 bits per heavy atom. The van der Waals surface area contributed by atoms with Gasteiger partial charge in [0, 0.05) is 20.1 Å². The van der Waals surface area contributed by atoms with Crippen LogP contribution in [0.5, 0.6) is 0 Å². The minimum Gasteiger partial charge on any atom is -0.478 e. The smallest absolute Gasteiger partial charge is 0.341 e. The lowest BCUT2D eigenvalue weighted by Gasteiger charge is -2.23. The molecule has 1 aliphatic rings. The molecule has 0 spiro atoms. The van der Waals surface area contributed by atoms with E-state index in [1.165, 1.54) is 7.11 Å². The van der Waals surface area contributed by atoms with Crippen LogP contribution >= 0.6 is 0 Å². The third kappa shape index (κ3) is 1.51. The molecule has 15 heavy (non-hydrogen) atoms. The van der Waals surface area contributed by atoms with Gasteiger partial charge in [-0.05, 0) is 0 Å². The Morgan fingerprint density at radius 3 is 3.07 bits per heavy atom. The lowest BCUT2D eigenvalue weighted by Crippen LogP contribution is -2.31. The fourth-order valence-electron chi connectivity index (χ4n) is 1.71. The van der Waals surface area contributed by atoms with E-state index in [4.69, 9.17) is 14.6 Å². The Balaban J connectivity index is 2.42. The fourth-order valence-corrected chi connectivity index (χ4v) is 1.71. The second kappa shape index (κ2) is 3.63. The molecule has 2 heterocycles. The van der Waals surface area contributed by atoms with Crippen molar-refractivity contribution in [3.8, 4) is 0 Å². The Kier molecular flexibility index (Phi) is 2.45. The number of rotatable bonds is 3. The van der Waals surface area contributed by atoms with Crippen LogP contribution in [-0.2, 0) is 15.1 Å². The van der Waals surface area contributed by atoms with Gasteiger partial charge in [-0.1, -0.05) is 5.16 Å². The molecule has 0 radical (unpaired) electrons. The van der Waals surface area contributed by atoms with Crippen LogP contribution in [0, 0.1) is 0 Å². The average molecular weight is 213 g/mol. The molecule has 0 bridgehead atoms. The van der Waals surface area contributed by atoms with Gasteiger partial charge >= 0.3 is 5.97 Å². The number of nitrogens with zero attached hydrogens (tertiary/aromatic N) is 1. The highest BCUT2D eigenvalue weighted by molar-refractivity contribution is 5.88. The van der Waals surface area contributed by atoms with E-state index in [0.717, 1.165) is 6.26 Å². The van der Waals surface area contributed by atoms with E-state index in [2.05, 4.69) is 9.68 Å². The van der Waals surface area contributed by atoms with Gasteiger partial charge in [0.15, 0.2) is 0 Å². The molecule has 6 nitrogen and oxygen atoms in total. The molecular formula is C9H11NO5. The summed E-state index contributed by atoms with van der Waals surface area (Å²) < 4.78 is 15.2. The number of aromatic carboxylic acids is 1. The maximum atomic E-state index is 10.9. The molecule has 82 valence electrons. The molecule has 0 aromatic carbocycles. The van der Waals surface area contributed by atoms with Gasteiger partial charge in [-0.3, -0.25) is 0 Å². The quantitative estimate of drug-likeness (QED) is 0.793. The number of methoxy groups -OCH3 is 1. The van der Waals surface area contributed by atoms with Gasteiger partial charge in [-0.25, -0.2) is 4.79 Å². The summed E-state index contributed by atoms with van der Waals surface area (Å²) >= 11 is 0. The third-order valence-corrected chi connectivity index (χ3v) is 2.61. The van der Waals surface area contributed by atoms with Crippen LogP contribution < -0.4 is 0 Å². The van der Waals surface area contributed by atoms with Crippen molar-refractivity contribution in [3.63, 3.8) is 0 Å². The van der Waals surface area contributed by atoms with Gasteiger partial charge < -0.3 is 19.1 Å². The van der Waals surface area contributed by atoms with Crippen LogP contribution in [-0.4, -0.2) is 36.6 Å². The average Bonchev–Trinajstić information content (AvgIpc) is 2.87. The maximum Gasteiger partial charge on any atom is 0.341 e. The zero-order valence-corrected chi connectivity index (χ0v) is 8.23. The largest absolute Gasteiger partial charge is 0.478 e. The van der Waals surface area contributed by atoms with E-state index in [1.54, 1.807) is 0 Å². The Hall–Kier alpha value is -1.40. The highest BCUT2D eigenvalue weighted by Gasteiger charge is 2.42. The topological polar surface area (TPSA) is 81.8 Å². The maximum absolute atomic E-state index is 10.9. The van der Waals surface area contributed by atoms with Crippen molar-refractivity contribution in [2.45, 2.75) is 12.0 Å². The second-order valence-corrected chi connectivity index (χ2v) is 3.38. The molecular weight excluding hydrogens is 202 g/mol. The van der Waals surface area contributed by atoms with Gasteiger partial charge in [0.1, 0.15) is 23.1 Å². The molecule has 1 N–H and O–H groups in total. The first kappa shape index (κ1) is 10.1. The van der Waals surface area contributed by atoms with Crippen molar-refractivity contribution < 1.29 is 23.9 Å². The SMILES string of the molecule is COC1(c2nocc2C(=O)O)CCOC1. The number of ether oxygens (including phenoxy) is 2. The van der Waals surface area contributed by atoms with E-state index < -0.39 is 11.6 Å². The second-order valence-electron chi connectivity index (χ2n) is 3.38. The van der Waals surface area contributed by atoms with Crippen LogP contribution in [0.1, 0.15) is 22.5 Å². The van der Waals surface area contributed by atoms with Crippen LogP contribution in [0.2, 0.25) is 0 Å². The molecule has 1 aromatic rings. The number of aromatic nitrogens is 1.